The number of carbonyl (C=O) groups is 1. The molecule has 1 aromatic heterocycles. The molecule has 1 amide bonds. The van der Waals surface area contributed by atoms with Gasteiger partial charge in [-0.3, -0.25) is 14.7 Å². The Morgan fingerprint density at radius 1 is 1.14 bits per heavy atom. The zero-order chi connectivity index (χ0) is 26.1. The maximum absolute atomic E-state index is 12.5. The number of allylic oxidation sites excluding steroid dienone is 3. The van der Waals surface area contributed by atoms with Crippen LogP contribution in [0.4, 0.5) is 0 Å². The molecule has 9 heteroatoms. The van der Waals surface area contributed by atoms with Crippen LogP contribution < -0.4 is 19.5 Å². The van der Waals surface area contributed by atoms with Gasteiger partial charge in [0.05, 0.1) is 26.3 Å². The Balaban J connectivity index is 1.73. The standard InChI is InChI=1S/C27H29ClN4O4/c1-18(31-26(33)17-32(3)16-19-9-7-6-8-10-19)13-21(28)27(29-2)36-23-11-12-30-22-15-25(35-5)24(34-4)14-20(22)23/h6-15H,2,16-17H2,1,3-5H3,(H,31,33)/b18-13+,27-21-. The van der Waals surface area contributed by atoms with Crippen LogP contribution in [0.5, 0.6) is 17.2 Å². The van der Waals surface area contributed by atoms with Gasteiger partial charge in [0.2, 0.25) is 11.8 Å². The van der Waals surface area contributed by atoms with Crippen molar-refractivity contribution in [3.8, 4) is 17.2 Å². The molecule has 0 spiro atoms. The Bertz CT molecular complexity index is 1290. The SMILES string of the molecule is C=N/C(Oc1ccnc2cc(OC)c(OC)cc12)=C(Cl)\C=C(/C)NC(=O)CN(C)Cc1ccccc1. The number of likely N-dealkylation sites (N-methyl/N-ethyl adjacent to an activating group) is 1. The van der Waals surface area contributed by atoms with E-state index in [1.54, 1.807) is 51.6 Å². The van der Waals surface area contributed by atoms with Gasteiger partial charge in [0.15, 0.2) is 11.5 Å². The smallest absolute Gasteiger partial charge is 0.238 e. The van der Waals surface area contributed by atoms with Gasteiger partial charge in [-0.1, -0.05) is 41.9 Å². The van der Waals surface area contributed by atoms with Crippen LogP contribution in [0, 0.1) is 0 Å². The van der Waals surface area contributed by atoms with Gasteiger partial charge in [0.25, 0.3) is 0 Å². The highest BCUT2D eigenvalue weighted by atomic mass is 35.5. The number of hydrogen-bond donors (Lipinski definition) is 1. The van der Waals surface area contributed by atoms with Gasteiger partial charge < -0.3 is 19.5 Å². The minimum atomic E-state index is -0.165. The number of pyridine rings is 1. The van der Waals surface area contributed by atoms with Crippen molar-refractivity contribution in [1.29, 1.82) is 0 Å². The van der Waals surface area contributed by atoms with E-state index in [0.717, 1.165) is 5.56 Å². The van der Waals surface area contributed by atoms with Crippen LogP contribution in [0.2, 0.25) is 0 Å². The Labute approximate surface area is 215 Å². The van der Waals surface area contributed by atoms with Crippen molar-refractivity contribution < 1.29 is 19.0 Å². The molecular formula is C27H29ClN4O4. The van der Waals surface area contributed by atoms with E-state index in [9.17, 15) is 4.79 Å². The number of nitrogens with one attached hydrogen (secondary N) is 1. The molecule has 0 atom stereocenters. The molecule has 36 heavy (non-hydrogen) atoms. The first kappa shape index (κ1) is 26.7. The van der Waals surface area contributed by atoms with Crippen LogP contribution in [0.15, 0.2) is 82.4 Å². The quantitative estimate of drug-likeness (QED) is 0.225. The number of rotatable bonds is 11. The highest BCUT2D eigenvalue weighted by molar-refractivity contribution is 6.31. The van der Waals surface area contributed by atoms with Crippen LogP contribution in [0.1, 0.15) is 12.5 Å². The number of aliphatic imine (C=N–C) groups is 1. The van der Waals surface area contributed by atoms with Gasteiger partial charge in [-0.2, -0.15) is 0 Å². The highest BCUT2D eigenvalue weighted by Crippen LogP contribution is 2.36. The highest BCUT2D eigenvalue weighted by Gasteiger charge is 2.14. The molecule has 1 heterocycles. The summed E-state index contributed by atoms with van der Waals surface area (Å²) in [7, 11) is 4.99. The molecule has 0 bridgehead atoms. The number of nitrogens with zero attached hydrogens (tertiary/aromatic N) is 3. The summed E-state index contributed by atoms with van der Waals surface area (Å²) in [6.45, 7) is 6.18. The number of hydrogen-bond acceptors (Lipinski definition) is 7. The molecule has 8 nitrogen and oxygen atoms in total. The number of aromatic nitrogens is 1. The predicted molar refractivity (Wildman–Crippen MR) is 143 cm³/mol. The van der Waals surface area contributed by atoms with Crippen molar-refractivity contribution in [3.05, 3.63) is 83.0 Å². The first-order valence-corrected chi connectivity index (χ1v) is 11.5. The van der Waals surface area contributed by atoms with Gasteiger partial charge in [-0.05, 0) is 44.5 Å². The number of methoxy groups -OCH3 is 2. The summed E-state index contributed by atoms with van der Waals surface area (Å²) in [5, 5.41) is 3.68. The Morgan fingerprint density at radius 2 is 1.83 bits per heavy atom. The second kappa shape index (κ2) is 12.7. The van der Waals surface area contributed by atoms with Gasteiger partial charge in [0, 0.05) is 29.9 Å². The largest absolute Gasteiger partial charge is 0.493 e. The summed E-state index contributed by atoms with van der Waals surface area (Å²) in [4.78, 5) is 22.7. The van der Waals surface area contributed by atoms with E-state index in [4.69, 9.17) is 25.8 Å². The molecule has 0 aliphatic carbocycles. The van der Waals surface area contributed by atoms with Crippen LogP contribution in [-0.4, -0.2) is 50.3 Å². The molecule has 0 fully saturated rings. The molecular weight excluding hydrogens is 480 g/mol. The lowest BCUT2D eigenvalue weighted by Gasteiger charge is -2.16. The second-order valence-corrected chi connectivity index (χ2v) is 8.39. The third-order valence-electron chi connectivity index (χ3n) is 5.15. The molecule has 0 unspecified atom stereocenters. The lowest BCUT2D eigenvalue weighted by molar-refractivity contribution is -0.121. The summed E-state index contributed by atoms with van der Waals surface area (Å²) in [6.07, 6.45) is 3.17. The zero-order valence-electron chi connectivity index (χ0n) is 20.7. The van der Waals surface area contributed by atoms with Crippen LogP contribution in [-0.2, 0) is 11.3 Å². The molecule has 3 rings (SSSR count). The van der Waals surface area contributed by atoms with Crippen LogP contribution >= 0.6 is 11.6 Å². The fraction of sp³-hybridized carbons (Fsp3) is 0.222. The third-order valence-corrected chi connectivity index (χ3v) is 5.42. The fourth-order valence-electron chi connectivity index (χ4n) is 3.54. The predicted octanol–water partition coefficient (Wildman–Crippen LogP) is 4.89. The summed E-state index contributed by atoms with van der Waals surface area (Å²) < 4.78 is 16.7. The average Bonchev–Trinajstić information content (AvgIpc) is 2.86. The van der Waals surface area contributed by atoms with E-state index < -0.39 is 0 Å². The zero-order valence-corrected chi connectivity index (χ0v) is 21.5. The number of benzene rings is 2. The van der Waals surface area contributed by atoms with E-state index in [2.05, 4.69) is 22.0 Å². The monoisotopic (exact) mass is 508 g/mol. The van der Waals surface area contributed by atoms with Gasteiger partial charge in [-0.25, -0.2) is 4.99 Å². The second-order valence-electron chi connectivity index (χ2n) is 7.98. The van der Waals surface area contributed by atoms with E-state index in [0.29, 0.717) is 40.4 Å². The molecule has 0 saturated heterocycles. The molecule has 1 N–H and O–H groups in total. The minimum absolute atomic E-state index is 0.0775. The molecule has 0 radical (unpaired) electrons. The van der Waals surface area contributed by atoms with Crippen molar-refractivity contribution in [3.63, 3.8) is 0 Å². The average molecular weight is 509 g/mol. The maximum Gasteiger partial charge on any atom is 0.238 e. The van der Waals surface area contributed by atoms with Crippen LogP contribution in [0.25, 0.3) is 10.9 Å². The lowest BCUT2D eigenvalue weighted by atomic mass is 10.2. The van der Waals surface area contributed by atoms with Crippen molar-refractivity contribution in [2.45, 2.75) is 13.5 Å². The Kier molecular flexibility index (Phi) is 9.44. The molecule has 0 aliphatic heterocycles. The summed E-state index contributed by atoms with van der Waals surface area (Å²) in [5.41, 5.74) is 2.31. The number of fused-ring (bicyclic) bond motifs is 1. The number of amides is 1. The number of ether oxygens (including phenoxy) is 3. The van der Waals surface area contributed by atoms with E-state index >= 15 is 0 Å². The van der Waals surface area contributed by atoms with E-state index in [1.807, 2.05) is 42.3 Å². The molecule has 0 saturated carbocycles. The first-order chi connectivity index (χ1) is 17.3. The minimum Gasteiger partial charge on any atom is -0.493 e. The fourth-order valence-corrected chi connectivity index (χ4v) is 3.80. The number of halogens is 1. The Hall–Kier alpha value is -3.88. The van der Waals surface area contributed by atoms with Crippen molar-refractivity contribution in [2.75, 3.05) is 27.8 Å². The normalized spacial score (nSPS) is 12.2. The van der Waals surface area contributed by atoms with E-state index in [-0.39, 0.29) is 23.4 Å². The van der Waals surface area contributed by atoms with Crippen molar-refractivity contribution >= 4 is 35.1 Å². The van der Waals surface area contributed by atoms with Crippen molar-refractivity contribution in [2.24, 2.45) is 4.99 Å². The van der Waals surface area contributed by atoms with Gasteiger partial charge >= 0.3 is 0 Å². The maximum atomic E-state index is 12.5. The summed E-state index contributed by atoms with van der Waals surface area (Å²) in [5.74, 6) is 1.45. The summed E-state index contributed by atoms with van der Waals surface area (Å²) >= 11 is 6.47. The molecule has 2 aromatic carbocycles. The van der Waals surface area contributed by atoms with Crippen molar-refractivity contribution in [1.82, 2.24) is 15.2 Å². The summed E-state index contributed by atoms with van der Waals surface area (Å²) in [6, 6.07) is 15.1. The topological polar surface area (TPSA) is 85.3 Å². The molecule has 0 aliphatic rings. The Morgan fingerprint density at radius 3 is 2.50 bits per heavy atom. The molecule has 188 valence electrons. The lowest BCUT2D eigenvalue weighted by Crippen LogP contribution is -2.33. The van der Waals surface area contributed by atoms with E-state index in [1.165, 1.54) is 0 Å². The van der Waals surface area contributed by atoms with Gasteiger partial charge in [-0.15, -0.1) is 0 Å². The van der Waals surface area contributed by atoms with Gasteiger partial charge in [0.1, 0.15) is 10.8 Å². The molecule has 3 aromatic rings. The first-order valence-electron chi connectivity index (χ1n) is 11.1. The third kappa shape index (κ3) is 7.07. The number of carbonyl (C=O) groups excluding carboxylic acids is 1. The van der Waals surface area contributed by atoms with Crippen LogP contribution in [0.3, 0.4) is 0 Å².